The quantitative estimate of drug-likeness (QED) is 0.655. The van der Waals surface area contributed by atoms with Crippen LogP contribution in [0.1, 0.15) is 43.1 Å². The molecule has 0 radical (unpaired) electrons. The average molecular weight is 391 g/mol. The first-order valence-corrected chi connectivity index (χ1v) is 10.5. The SMILES string of the molecule is COCCn1nnnc1[C@H](c1ccccc1F)[NH+]1CC[NH+](C2CCCC2)CC1. The number of nitrogens with zero attached hydrogens (tertiary/aromatic N) is 4. The number of hydrogen-bond acceptors (Lipinski definition) is 4. The molecule has 0 spiro atoms. The number of methoxy groups -OCH3 is 1. The number of quaternary nitrogens is 2. The molecule has 2 heterocycles. The van der Waals surface area contributed by atoms with Gasteiger partial charge in [-0.25, -0.2) is 9.07 Å². The summed E-state index contributed by atoms with van der Waals surface area (Å²) >= 11 is 0. The summed E-state index contributed by atoms with van der Waals surface area (Å²) in [6, 6.07) is 7.66. The molecule has 2 N–H and O–H groups in total. The number of rotatable bonds is 7. The minimum absolute atomic E-state index is 0.188. The molecule has 8 heteroatoms. The van der Waals surface area contributed by atoms with Gasteiger partial charge in [-0.1, -0.05) is 12.1 Å². The molecule has 0 amide bonds. The van der Waals surface area contributed by atoms with Crippen molar-refractivity contribution in [2.24, 2.45) is 0 Å². The Kier molecular flexibility index (Phi) is 6.29. The Bertz CT molecular complexity index is 755. The van der Waals surface area contributed by atoms with Crippen molar-refractivity contribution >= 4 is 0 Å². The number of piperazine rings is 1. The minimum Gasteiger partial charge on any atom is -0.383 e. The first-order chi connectivity index (χ1) is 13.8. The van der Waals surface area contributed by atoms with E-state index in [4.69, 9.17) is 4.74 Å². The third-order valence-electron chi connectivity index (χ3n) is 6.42. The van der Waals surface area contributed by atoms with Crippen molar-refractivity contribution in [3.63, 3.8) is 0 Å². The van der Waals surface area contributed by atoms with E-state index in [1.54, 1.807) is 22.8 Å². The molecule has 1 saturated carbocycles. The molecule has 1 aliphatic heterocycles. The molecular weight excluding hydrogens is 359 g/mol. The summed E-state index contributed by atoms with van der Waals surface area (Å²) in [6.45, 7) is 5.35. The normalized spacial score (nSPS) is 24.5. The Labute approximate surface area is 165 Å². The molecule has 1 atom stereocenters. The number of aromatic nitrogens is 4. The van der Waals surface area contributed by atoms with Crippen LogP contribution in [0.15, 0.2) is 24.3 Å². The van der Waals surface area contributed by atoms with Crippen LogP contribution in [0, 0.1) is 5.82 Å². The van der Waals surface area contributed by atoms with Gasteiger partial charge in [0.1, 0.15) is 32.0 Å². The van der Waals surface area contributed by atoms with Gasteiger partial charge in [0.25, 0.3) is 0 Å². The van der Waals surface area contributed by atoms with Crippen LogP contribution < -0.4 is 9.80 Å². The lowest BCUT2D eigenvalue weighted by molar-refractivity contribution is -1.03. The highest BCUT2D eigenvalue weighted by Crippen LogP contribution is 2.20. The van der Waals surface area contributed by atoms with Crippen molar-refractivity contribution in [1.82, 2.24) is 20.2 Å². The van der Waals surface area contributed by atoms with Crippen molar-refractivity contribution in [3.8, 4) is 0 Å². The summed E-state index contributed by atoms with van der Waals surface area (Å²) < 4.78 is 21.7. The van der Waals surface area contributed by atoms with Crippen molar-refractivity contribution in [1.29, 1.82) is 0 Å². The summed E-state index contributed by atoms with van der Waals surface area (Å²) in [5, 5.41) is 12.3. The summed E-state index contributed by atoms with van der Waals surface area (Å²) in [5.74, 6) is 0.535. The fourth-order valence-electron chi connectivity index (χ4n) is 4.93. The molecule has 0 bridgehead atoms. The van der Waals surface area contributed by atoms with Crippen LogP contribution in [0.5, 0.6) is 0 Å². The molecule has 7 nitrogen and oxygen atoms in total. The molecule has 1 aliphatic carbocycles. The second-order valence-electron chi connectivity index (χ2n) is 8.01. The zero-order valence-electron chi connectivity index (χ0n) is 16.6. The van der Waals surface area contributed by atoms with Gasteiger partial charge in [-0.2, -0.15) is 0 Å². The smallest absolute Gasteiger partial charge is 0.214 e. The highest BCUT2D eigenvalue weighted by molar-refractivity contribution is 5.24. The van der Waals surface area contributed by atoms with E-state index < -0.39 is 0 Å². The third-order valence-corrected chi connectivity index (χ3v) is 6.42. The lowest BCUT2D eigenvalue weighted by atomic mass is 10.0. The van der Waals surface area contributed by atoms with Crippen molar-refractivity contribution in [2.45, 2.75) is 44.3 Å². The molecule has 4 rings (SSSR count). The largest absolute Gasteiger partial charge is 0.383 e. The number of ether oxygens (including phenoxy) is 1. The molecule has 28 heavy (non-hydrogen) atoms. The Hall–Kier alpha value is -1.90. The molecule has 2 aromatic rings. The predicted octanol–water partition coefficient (Wildman–Crippen LogP) is -0.726. The Morgan fingerprint density at radius 3 is 2.64 bits per heavy atom. The summed E-state index contributed by atoms with van der Waals surface area (Å²) in [5.41, 5.74) is 0.676. The molecule has 1 aromatic carbocycles. The number of hydrogen-bond donors (Lipinski definition) is 2. The summed E-state index contributed by atoms with van der Waals surface area (Å²) in [6.07, 6.45) is 5.46. The molecule has 2 aliphatic rings. The maximum atomic E-state index is 14.8. The van der Waals surface area contributed by atoms with Crippen LogP contribution in [-0.4, -0.2) is 66.1 Å². The van der Waals surface area contributed by atoms with E-state index in [9.17, 15) is 4.39 Å². The van der Waals surface area contributed by atoms with E-state index in [1.165, 1.54) is 36.6 Å². The lowest BCUT2D eigenvalue weighted by Crippen LogP contribution is -3.29. The molecule has 2 fully saturated rings. The van der Waals surface area contributed by atoms with Gasteiger partial charge in [0.15, 0.2) is 6.04 Å². The van der Waals surface area contributed by atoms with E-state index in [1.807, 2.05) is 12.1 Å². The first-order valence-electron chi connectivity index (χ1n) is 10.5. The van der Waals surface area contributed by atoms with E-state index in [0.717, 1.165) is 38.0 Å². The van der Waals surface area contributed by atoms with Gasteiger partial charge in [0, 0.05) is 7.11 Å². The van der Waals surface area contributed by atoms with Gasteiger partial charge in [-0.15, -0.1) is 5.10 Å². The van der Waals surface area contributed by atoms with Crippen molar-refractivity contribution < 1.29 is 18.9 Å². The number of nitrogens with one attached hydrogen (secondary N) is 2. The zero-order chi connectivity index (χ0) is 19.3. The van der Waals surface area contributed by atoms with Gasteiger partial charge in [-0.05, 0) is 48.2 Å². The Balaban J connectivity index is 1.58. The minimum atomic E-state index is -0.196. The highest BCUT2D eigenvalue weighted by atomic mass is 19.1. The average Bonchev–Trinajstić information content (AvgIpc) is 3.41. The fourth-order valence-corrected chi connectivity index (χ4v) is 4.93. The van der Waals surface area contributed by atoms with Crippen LogP contribution in [0.2, 0.25) is 0 Å². The third kappa shape index (κ3) is 4.09. The van der Waals surface area contributed by atoms with Crippen molar-refractivity contribution in [3.05, 3.63) is 41.5 Å². The van der Waals surface area contributed by atoms with Crippen LogP contribution in [0.4, 0.5) is 4.39 Å². The van der Waals surface area contributed by atoms with Gasteiger partial charge in [-0.3, -0.25) is 0 Å². The van der Waals surface area contributed by atoms with E-state index in [2.05, 4.69) is 15.5 Å². The number of benzene rings is 1. The van der Waals surface area contributed by atoms with Crippen LogP contribution in [-0.2, 0) is 11.3 Å². The Morgan fingerprint density at radius 2 is 1.93 bits per heavy atom. The van der Waals surface area contributed by atoms with E-state index in [-0.39, 0.29) is 11.9 Å². The van der Waals surface area contributed by atoms with E-state index in [0.29, 0.717) is 18.7 Å². The highest BCUT2D eigenvalue weighted by Gasteiger charge is 2.39. The number of halogens is 1. The molecule has 152 valence electrons. The standard InChI is InChI=1S/C20H29FN6O/c1-28-15-14-27-20(22-23-24-27)19(17-8-4-5-9-18(17)21)26-12-10-25(11-13-26)16-6-2-3-7-16/h4-5,8-9,16,19H,2-3,6-7,10-15H2,1H3/p+2/t19-/m0/s1. The van der Waals surface area contributed by atoms with Gasteiger partial charge in [0.2, 0.25) is 5.82 Å². The maximum Gasteiger partial charge on any atom is 0.214 e. The Morgan fingerprint density at radius 1 is 1.18 bits per heavy atom. The van der Waals surface area contributed by atoms with Gasteiger partial charge < -0.3 is 14.5 Å². The van der Waals surface area contributed by atoms with Gasteiger partial charge >= 0.3 is 0 Å². The molecular formula is C20H31FN6O+2. The van der Waals surface area contributed by atoms with Crippen LogP contribution in [0.25, 0.3) is 0 Å². The fraction of sp³-hybridized carbons (Fsp3) is 0.650. The first kappa shape index (κ1) is 19.4. The lowest BCUT2D eigenvalue weighted by Gasteiger charge is -2.36. The number of tetrazole rings is 1. The second-order valence-corrected chi connectivity index (χ2v) is 8.01. The van der Waals surface area contributed by atoms with E-state index >= 15 is 0 Å². The second kappa shape index (κ2) is 9.07. The maximum absolute atomic E-state index is 14.8. The summed E-state index contributed by atoms with van der Waals surface area (Å²) in [4.78, 5) is 3.08. The molecule has 0 unspecified atom stereocenters. The van der Waals surface area contributed by atoms with Crippen molar-refractivity contribution in [2.75, 3.05) is 39.9 Å². The van der Waals surface area contributed by atoms with Crippen LogP contribution >= 0.6 is 0 Å². The molecule has 1 aromatic heterocycles. The summed E-state index contributed by atoms with van der Waals surface area (Å²) in [7, 11) is 1.66. The molecule has 1 saturated heterocycles. The monoisotopic (exact) mass is 390 g/mol. The zero-order valence-corrected chi connectivity index (χ0v) is 16.6. The van der Waals surface area contributed by atoms with Gasteiger partial charge in [0.05, 0.1) is 24.8 Å². The predicted molar refractivity (Wildman–Crippen MR) is 102 cm³/mol. The topological polar surface area (TPSA) is 61.7 Å². The van der Waals surface area contributed by atoms with Crippen LogP contribution in [0.3, 0.4) is 0 Å².